The lowest BCUT2D eigenvalue weighted by Gasteiger charge is -2.38. The molecule has 1 aromatic carbocycles. The number of piperidine rings is 1. The van der Waals surface area contributed by atoms with E-state index in [1.165, 1.54) is 25.7 Å². The number of aromatic nitrogens is 2. The molecule has 2 atom stereocenters. The minimum absolute atomic E-state index is 0.296. The highest BCUT2D eigenvalue weighted by Crippen LogP contribution is 2.33. The number of nitrogens with one attached hydrogen (secondary N) is 1. The molecule has 2 heterocycles. The summed E-state index contributed by atoms with van der Waals surface area (Å²) in [6, 6.07) is 4.86. The van der Waals surface area contributed by atoms with E-state index in [1.54, 1.807) is 14.2 Å². The van der Waals surface area contributed by atoms with E-state index in [-0.39, 0.29) is 0 Å². The fraction of sp³-hybridized carbons (Fsp3) is 0.611. The quantitative estimate of drug-likeness (QED) is 0.908. The molecule has 1 aliphatic rings. The Bertz CT molecular complexity index is 627. The number of likely N-dealkylation sites (tertiary alicyclic amines) is 1. The summed E-state index contributed by atoms with van der Waals surface area (Å²) >= 11 is 0. The number of rotatable bonds is 5. The average molecular weight is 317 g/mol. The van der Waals surface area contributed by atoms with Crippen LogP contribution in [0.2, 0.25) is 0 Å². The van der Waals surface area contributed by atoms with Crippen LogP contribution in [0.4, 0.5) is 0 Å². The van der Waals surface area contributed by atoms with Crippen LogP contribution in [-0.4, -0.2) is 41.7 Å². The van der Waals surface area contributed by atoms with Gasteiger partial charge in [-0.1, -0.05) is 13.3 Å². The largest absolute Gasteiger partial charge is 0.493 e. The Balaban J connectivity index is 1.92. The van der Waals surface area contributed by atoms with E-state index >= 15 is 0 Å². The van der Waals surface area contributed by atoms with Crippen LogP contribution in [0.15, 0.2) is 12.1 Å². The summed E-state index contributed by atoms with van der Waals surface area (Å²) in [7, 11) is 3.31. The van der Waals surface area contributed by atoms with Gasteiger partial charge >= 0.3 is 0 Å². The highest BCUT2D eigenvalue weighted by Gasteiger charge is 2.27. The number of fused-ring (bicyclic) bond motifs is 1. The molecule has 5 heteroatoms. The third kappa shape index (κ3) is 3.02. The molecule has 0 aliphatic carbocycles. The van der Waals surface area contributed by atoms with Crippen molar-refractivity contribution < 1.29 is 9.47 Å². The summed E-state index contributed by atoms with van der Waals surface area (Å²) in [5, 5.41) is 0. The van der Waals surface area contributed by atoms with Crippen molar-refractivity contribution >= 4 is 11.0 Å². The molecule has 1 aromatic heterocycles. The standard InChI is InChI=1S/C18H27N3O2/c1-5-13-8-6-7-9-21(13)12(2)18-19-14-10-16(22-3)17(23-4)11-15(14)20-18/h10-13H,5-9H2,1-4H3,(H,19,20). The Labute approximate surface area is 138 Å². The van der Waals surface area contributed by atoms with Crippen molar-refractivity contribution in [1.82, 2.24) is 14.9 Å². The van der Waals surface area contributed by atoms with Gasteiger partial charge in [0.1, 0.15) is 5.82 Å². The Morgan fingerprint density at radius 3 is 2.70 bits per heavy atom. The number of hydrogen-bond donors (Lipinski definition) is 1. The number of methoxy groups -OCH3 is 2. The molecule has 0 saturated carbocycles. The molecule has 126 valence electrons. The second-order valence-corrected chi connectivity index (χ2v) is 6.32. The minimum atomic E-state index is 0.296. The fourth-order valence-corrected chi connectivity index (χ4v) is 3.68. The van der Waals surface area contributed by atoms with Crippen LogP contribution in [0.25, 0.3) is 11.0 Å². The molecule has 5 nitrogen and oxygen atoms in total. The Morgan fingerprint density at radius 1 is 1.26 bits per heavy atom. The number of hydrogen-bond acceptors (Lipinski definition) is 4. The van der Waals surface area contributed by atoms with Crippen molar-refractivity contribution in [2.45, 2.75) is 51.6 Å². The number of ether oxygens (including phenoxy) is 2. The Morgan fingerprint density at radius 2 is 2.00 bits per heavy atom. The van der Waals surface area contributed by atoms with Crippen LogP contribution in [0, 0.1) is 0 Å². The molecule has 23 heavy (non-hydrogen) atoms. The lowest BCUT2D eigenvalue weighted by Crippen LogP contribution is -2.41. The van der Waals surface area contributed by atoms with Gasteiger partial charge in [-0.15, -0.1) is 0 Å². The molecule has 0 radical (unpaired) electrons. The number of imidazole rings is 1. The van der Waals surface area contributed by atoms with Crippen LogP contribution in [0.5, 0.6) is 11.5 Å². The first kappa shape index (κ1) is 16.1. The number of aromatic amines is 1. The minimum Gasteiger partial charge on any atom is -0.493 e. The second kappa shape index (κ2) is 6.79. The van der Waals surface area contributed by atoms with E-state index in [4.69, 9.17) is 14.5 Å². The summed E-state index contributed by atoms with van der Waals surface area (Å²) in [5.41, 5.74) is 1.92. The molecule has 3 rings (SSSR count). The maximum Gasteiger partial charge on any atom is 0.163 e. The molecule has 1 fully saturated rings. The summed E-state index contributed by atoms with van der Waals surface area (Å²) in [5.74, 6) is 2.47. The van der Waals surface area contributed by atoms with Gasteiger partial charge in [0, 0.05) is 18.2 Å². The topological polar surface area (TPSA) is 50.4 Å². The molecule has 0 amide bonds. The van der Waals surface area contributed by atoms with Gasteiger partial charge in [0.05, 0.1) is 31.3 Å². The van der Waals surface area contributed by atoms with E-state index in [0.29, 0.717) is 12.1 Å². The maximum atomic E-state index is 5.38. The lowest BCUT2D eigenvalue weighted by atomic mass is 9.98. The van der Waals surface area contributed by atoms with Crippen LogP contribution >= 0.6 is 0 Å². The third-order valence-corrected chi connectivity index (χ3v) is 5.04. The molecule has 0 spiro atoms. The molecular weight excluding hydrogens is 290 g/mol. The molecule has 1 aliphatic heterocycles. The van der Waals surface area contributed by atoms with Crippen LogP contribution in [0.1, 0.15) is 51.4 Å². The molecule has 0 bridgehead atoms. The van der Waals surface area contributed by atoms with Crippen molar-refractivity contribution in [3.63, 3.8) is 0 Å². The number of benzene rings is 1. The molecule has 1 saturated heterocycles. The first-order valence-electron chi connectivity index (χ1n) is 8.55. The molecule has 2 unspecified atom stereocenters. The highest BCUT2D eigenvalue weighted by atomic mass is 16.5. The van der Waals surface area contributed by atoms with Crippen LogP contribution in [0.3, 0.4) is 0 Å². The predicted molar refractivity (Wildman–Crippen MR) is 92.2 cm³/mol. The third-order valence-electron chi connectivity index (χ3n) is 5.04. The van der Waals surface area contributed by atoms with Crippen LogP contribution < -0.4 is 9.47 Å². The van der Waals surface area contributed by atoms with Gasteiger partial charge in [-0.25, -0.2) is 4.98 Å². The SMILES string of the molecule is CCC1CCCCN1C(C)c1nc2cc(OC)c(OC)cc2[nH]1. The maximum absolute atomic E-state index is 5.38. The average Bonchev–Trinajstić information content (AvgIpc) is 3.02. The number of H-pyrrole nitrogens is 1. The van der Waals surface area contributed by atoms with Crippen LogP contribution in [-0.2, 0) is 0 Å². The van der Waals surface area contributed by atoms with Crippen molar-refractivity contribution in [1.29, 1.82) is 0 Å². The molecular formula is C18H27N3O2. The smallest absolute Gasteiger partial charge is 0.163 e. The van der Waals surface area contributed by atoms with E-state index in [1.807, 2.05) is 12.1 Å². The van der Waals surface area contributed by atoms with Gasteiger partial charge < -0.3 is 14.5 Å². The zero-order chi connectivity index (χ0) is 16.4. The van der Waals surface area contributed by atoms with E-state index in [0.717, 1.165) is 34.9 Å². The monoisotopic (exact) mass is 317 g/mol. The zero-order valence-electron chi connectivity index (χ0n) is 14.6. The van der Waals surface area contributed by atoms with E-state index in [9.17, 15) is 0 Å². The number of nitrogens with zero attached hydrogens (tertiary/aromatic N) is 2. The second-order valence-electron chi connectivity index (χ2n) is 6.32. The van der Waals surface area contributed by atoms with Gasteiger partial charge in [0.15, 0.2) is 11.5 Å². The Hall–Kier alpha value is -1.75. The van der Waals surface area contributed by atoms with E-state index in [2.05, 4.69) is 23.7 Å². The van der Waals surface area contributed by atoms with Gasteiger partial charge in [0.25, 0.3) is 0 Å². The molecule has 2 aromatic rings. The van der Waals surface area contributed by atoms with Crippen molar-refractivity contribution in [2.24, 2.45) is 0 Å². The fourth-order valence-electron chi connectivity index (χ4n) is 3.68. The van der Waals surface area contributed by atoms with Gasteiger partial charge in [-0.05, 0) is 32.7 Å². The van der Waals surface area contributed by atoms with Crippen molar-refractivity contribution in [2.75, 3.05) is 20.8 Å². The predicted octanol–water partition coefficient (Wildman–Crippen LogP) is 3.91. The first-order chi connectivity index (χ1) is 11.2. The lowest BCUT2D eigenvalue weighted by molar-refractivity contribution is 0.0963. The van der Waals surface area contributed by atoms with E-state index < -0.39 is 0 Å². The van der Waals surface area contributed by atoms with Crippen molar-refractivity contribution in [3.05, 3.63) is 18.0 Å². The summed E-state index contributed by atoms with van der Waals surface area (Å²) in [4.78, 5) is 10.9. The Kier molecular flexibility index (Phi) is 4.76. The van der Waals surface area contributed by atoms with Gasteiger partial charge in [-0.3, -0.25) is 4.90 Å². The summed E-state index contributed by atoms with van der Waals surface area (Å²) in [6.07, 6.45) is 5.12. The summed E-state index contributed by atoms with van der Waals surface area (Å²) in [6.45, 7) is 5.69. The highest BCUT2D eigenvalue weighted by molar-refractivity contribution is 5.79. The van der Waals surface area contributed by atoms with Gasteiger partial charge in [-0.2, -0.15) is 0 Å². The molecule has 1 N–H and O–H groups in total. The van der Waals surface area contributed by atoms with Gasteiger partial charge in [0.2, 0.25) is 0 Å². The van der Waals surface area contributed by atoms with Crippen molar-refractivity contribution in [3.8, 4) is 11.5 Å². The zero-order valence-corrected chi connectivity index (χ0v) is 14.6. The normalized spacial score (nSPS) is 20.6. The summed E-state index contributed by atoms with van der Waals surface area (Å²) < 4.78 is 10.8. The first-order valence-corrected chi connectivity index (χ1v) is 8.55.